The van der Waals surface area contributed by atoms with Crippen LogP contribution in [0.15, 0.2) is 18.2 Å². The predicted molar refractivity (Wildman–Crippen MR) is 109 cm³/mol. The van der Waals surface area contributed by atoms with Crippen LogP contribution in [0, 0.1) is 0 Å². The van der Waals surface area contributed by atoms with Crippen LogP contribution in [-0.4, -0.2) is 35.3 Å². The van der Waals surface area contributed by atoms with Crippen LogP contribution in [0.1, 0.15) is 54.0 Å². The quantitative estimate of drug-likeness (QED) is 0.609. The van der Waals surface area contributed by atoms with Gasteiger partial charge in [0.1, 0.15) is 17.2 Å². The van der Waals surface area contributed by atoms with Gasteiger partial charge in [0.25, 0.3) is 0 Å². The molecule has 0 unspecified atom stereocenters. The van der Waals surface area contributed by atoms with Crippen molar-refractivity contribution in [3.63, 3.8) is 0 Å². The summed E-state index contributed by atoms with van der Waals surface area (Å²) in [5.41, 5.74) is -3.11. The minimum atomic E-state index is -4.68. The normalized spacial score (nSPS) is 13.1. The van der Waals surface area contributed by atoms with E-state index < -0.39 is 47.1 Å². The molecule has 1 aromatic rings. The molecule has 1 atom stereocenters. The number of hydrogen-bond acceptors (Lipinski definition) is 5. The summed E-state index contributed by atoms with van der Waals surface area (Å²) in [6.45, 7) is 11.1. The van der Waals surface area contributed by atoms with Crippen LogP contribution in [0.2, 0.25) is 0 Å². The molecule has 0 bridgehead atoms. The summed E-state index contributed by atoms with van der Waals surface area (Å²) in [6, 6.07) is 1.28. The monoisotopic (exact) mass is 447 g/mol. The molecule has 0 spiro atoms. The zero-order valence-corrected chi connectivity index (χ0v) is 18.5. The molecule has 3 N–H and O–H groups in total. The Kier molecular flexibility index (Phi) is 7.93. The molecule has 11 heteroatoms. The zero-order valence-electron chi connectivity index (χ0n) is 18.5. The number of anilines is 2. The minimum absolute atomic E-state index is 0.111. The van der Waals surface area contributed by atoms with Gasteiger partial charge in [-0.2, -0.15) is 13.2 Å². The molecule has 0 aliphatic carbocycles. The van der Waals surface area contributed by atoms with Gasteiger partial charge in [-0.25, -0.2) is 9.59 Å². The van der Waals surface area contributed by atoms with Gasteiger partial charge < -0.3 is 20.1 Å². The van der Waals surface area contributed by atoms with E-state index in [1.165, 1.54) is 6.92 Å². The van der Waals surface area contributed by atoms with E-state index in [1.54, 1.807) is 41.5 Å². The van der Waals surface area contributed by atoms with Gasteiger partial charge >= 0.3 is 18.4 Å². The zero-order chi connectivity index (χ0) is 24.2. The summed E-state index contributed by atoms with van der Waals surface area (Å²) < 4.78 is 49.5. The fourth-order valence-electron chi connectivity index (χ4n) is 2.14. The second-order valence-corrected chi connectivity index (χ2v) is 8.74. The average molecular weight is 447 g/mol. The number of halogens is 3. The second-order valence-electron chi connectivity index (χ2n) is 8.74. The number of amides is 3. The number of alkyl carbamates (subject to hydrolysis) is 1. The number of nitrogens with one attached hydrogen (secondary N) is 3. The third kappa shape index (κ3) is 9.58. The van der Waals surface area contributed by atoms with Crippen LogP contribution in [0.3, 0.4) is 0 Å². The summed E-state index contributed by atoms with van der Waals surface area (Å²) in [6.07, 6.45) is -6.46. The van der Waals surface area contributed by atoms with Gasteiger partial charge in [-0.15, -0.1) is 0 Å². The molecule has 1 rings (SSSR count). The Labute approximate surface area is 178 Å². The minimum Gasteiger partial charge on any atom is -0.444 e. The number of carbonyl (C=O) groups excluding carboxylic acids is 3. The first-order valence-corrected chi connectivity index (χ1v) is 9.39. The lowest BCUT2D eigenvalue weighted by atomic mass is 10.1. The van der Waals surface area contributed by atoms with Crippen LogP contribution in [0.25, 0.3) is 0 Å². The number of ether oxygens (including phenoxy) is 2. The Morgan fingerprint density at radius 1 is 0.839 bits per heavy atom. The first-order valence-electron chi connectivity index (χ1n) is 9.39. The third-order valence-corrected chi connectivity index (χ3v) is 3.37. The largest absolute Gasteiger partial charge is 0.444 e. The van der Waals surface area contributed by atoms with E-state index in [2.05, 4.69) is 16.0 Å². The van der Waals surface area contributed by atoms with Crippen molar-refractivity contribution in [1.82, 2.24) is 5.32 Å². The predicted octanol–water partition coefficient (Wildman–Crippen LogP) is 4.90. The summed E-state index contributed by atoms with van der Waals surface area (Å²) in [4.78, 5) is 36.3. The average Bonchev–Trinajstić information content (AvgIpc) is 2.51. The lowest BCUT2D eigenvalue weighted by Crippen LogP contribution is -2.44. The SMILES string of the molecule is C[C@@H](NC(=O)OC(C)(C)C)C(=O)Nc1cc(C(F)(F)F)ccc1NC(=O)OC(C)(C)C. The van der Waals surface area contributed by atoms with Crippen molar-refractivity contribution < 1.29 is 37.0 Å². The highest BCUT2D eigenvalue weighted by atomic mass is 19.4. The summed E-state index contributed by atoms with van der Waals surface area (Å²) in [7, 11) is 0. The Morgan fingerprint density at radius 3 is 1.84 bits per heavy atom. The van der Waals surface area contributed by atoms with Crippen LogP contribution in [0.4, 0.5) is 34.1 Å². The van der Waals surface area contributed by atoms with Gasteiger partial charge in [-0.3, -0.25) is 10.1 Å². The molecule has 31 heavy (non-hydrogen) atoms. The van der Waals surface area contributed by atoms with Crippen LogP contribution in [0.5, 0.6) is 0 Å². The Morgan fingerprint density at radius 2 is 1.35 bits per heavy atom. The van der Waals surface area contributed by atoms with Gasteiger partial charge in [0, 0.05) is 0 Å². The van der Waals surface area contributed by atoms with Crippen LogP contribution < -0.4 is 16.0 Å². The van der Waals surface area contributed by atoms with Crippen molar-refractivity contribution in [1.29, 1.82) is 0 Å². The molecule has 1 aromatic carbocycles. The first-order chi connectivity index (χ1) is 13.9. The molecule has 0 aromatic heterocycles. The van der Waals surface area contributed by atoms with Gasteiger partial charge in [-0.1, -0.05) is 0 Å². The van der Waals surface area contributed by atoms with Crippen molar-refractivity contribution in [3.8, 4) is 0 Å². The van der Waals surface area contributed by atoms with Gasteiger partial charge in [0.15, 0.2) is 0 Å². The third-order valence-electron chi connectivity index (χ3n) is 3.37. The highest BCUT2D eigenvalue weighted by Gasteiger charge is 2.32. The van der Waals surface area contributed by atoms with Gasteiger partial charge in [0.2, 0.25) is 5.91 Å². The van der Waals surface area contributed by atoms with Crippen LogP contribution in [-0.2, 0) is 20.4 Å². The lowest BCUT2D eigenvalue weighted by molar-refractivity contribution is -0.137. The highest BCUT2D eigenvalue weighted by Crippen LogP contribution is 2.34. The fourth-order valence-corrected chi connectivity index (χ4v) is 2.14. The lowest BCUT2D eigenvalue weighted by Gasteiger charge is -2.23. The molecule has 0 saturated heterocycles. The molecule has 0 heterocycles. The fraction of sp³-hybridized carbons (Fsp3) is 0.550. The van der Waals surface area contributed by atoms with E-state index in [0.717, 1.165) is 12.1 Å². The molecule has 0 fully saturated rings. The van der Waals surface area contributed by atoms with Gasteiger partial charge in [-0.05, 0) is 66.7 Å². The van der Waals surface area contributed by atoms with Crippen molar-refractivity contribution >= 4 is 29.5 Å². The van der Waals surface area contributed by atoms with E-state index in [9.17, 15) is 27.6 Å². The topological polar surface area (TPSA) is 106 Å². The number of hydrogen-bond donors (Lipinski definition) is 3. The highest BCUT2D eigenvalue weighted by molar-refractivity contribution is 6.01. The molecular formula is C20H28F3N3O5. The molecule has 3 amide bonds. The van der Waals surface area contributed by atoms with Crippen LogP contribution >= 0.6 is 0 Å². The van der Waals surface area contributed by atoms with E-state index >= 15 is 0 Å². The Hall–Kier alpha value is -2.98. The standard InChI is InChI=1S/C20H28F3N3O5/c1-11(24-16(28)30-18(2,3)4)15(27)25-14-10-12(20(21,22)23)8-9-13(14)26-17(29)31-19(5,6)7/h8-11H,1-7H3,(H,24,28)(H,25,27)(H,26,29)/t11-/m1/s1. The van der Waals surface area contributed by atoms with Crippen molar-refractivity contribution in [2.45, 2.75) is 71.9 Å². The second kappa shape index (κ2) is 9.44. The summed E-state index contributed by atoms with van der Waals surface area (Å²) >= 11 is 0. The molecule has 8 nitrogen and oxygen atoms in total. The molecule has 0 saturated carbocycles. The maximum absolute atomic E-state index is 13.1. The van der Waals surface area contributed by atoms with Crippen molar-refractivity contribution in [3.05, 3.63) is 23.8 Å². The maximum atomic E-state index is 13.1. The Bertz CT molecular complexity index is 827. The van der Waals surface area contributed by atoms with E-state index in [0.29, 0.717) is 6.07 Å². The van der Waals surface area contributed by atoms with Crippen molar-refractivity contribution in [2.75, 3.05) is 10.6 Å². The van der Waals surface area contributed by atoms with Crippen molar-refractivity contribution in [2.24, 2.45) is 0 Å². The molecule has 0 radical (unpaired) electrons. The molecule has 0 aliphatic rings. The van der Waals surface area contributed by atoms with E-state index in [4.69, 9.17) is 9.47 Å². The van der Waals surface area contributed by atoms with E-state index in [-0.39, 0.29) is 11.4 Å². The molecular weight excluding hydrogens is 419 g/mol. The Balaban J connectivity index is 3.06. The number of carbonyl (C=O) groups is 3. The molecule has 174 valence electrons. The summed E-state index contributed by atoms with van der Waals surface area (Å²) in [5.74, 6) is -0.822. The maximum Gasteiger partial charge on any atom is 0.416 e. The molecule has 0 aliphatic heterocycles. The number of alkyl halides is 3. The van der Waals surface area contributed by atoms with E-state index in [1.807, 2.05) is 0 Å². The first kappa shape index (κ1) is 26.1. The smallest absolute Gasteiger partial charge is 0.416 e. The number of benzene rings is 1. The summed E-state index contributed by atoms with van der Waals surface area (Å²) in [5, 5.41) is 6.87. The van der Waals surface area contributed by atoms with Gasteiger partial charge in [0.05, 0.1) is 16.9 Å². The number of rotatable bonds is 4.